The topological polar surface area (TPSA) is 99.8 Å². The Labute approximate surface area is 179 Å². The Hall–Kier alpha value is -4.01. The van der Waals surface area contributed by atoms with Gasteiger partial charge in [-0.3, -0.25) is 9.48 Å². The fourth-order valence-electron chi connectivity index (χ4n) is 3.09. The van der Waals surface area contributed by atoms with Crippen molar-refractivity contribution in [2.45, 2.75) is 33.0 Å². The number of tetrazole rings is 1. The van der Waals surface area contributed by atoms with E-state index < -0.39 is 0 Å². The van der Waals surface area contributed by atoms with E-state index in [1.54, 1.807) is 35.1 Å². The van der Waals surface area contributed by atoms with Crippen LogP contribution < -0.4 is 10.1 Å². The van der Waals surface area contributed by atoms with Crippen LogP contribution in [0.2, 0.25) is 0 Å². The van der Waals surface area contributed by atoms with Gasteiger partial charge in [-0.2, -0.15) is 5.10 Å². The van der Waals surface area contributed by atoms with Gasteiger partial charge < -0.3 is 10.1 Å². The number of anilines is 1. The van der Waals surface area contributed by atoms with E-state index in [4.69, 9.17) is 4.74 Å². The number of aromatic nitrogens is 6. The van der Waals surface area contributed by atoms with Gasteiger partial charge in [0.1, 0.15) is 12.4 Å². The van der Waals surface area contributed by atoms with E-state index in [2.05, 4.69) is 25.9 Å². The van der Waals surface area contributed by atoms with Gasteiger partial charge in [0, 0.05) is 23.6 Å². The summed E-state index contributed by atoms with van der Waals surface area (Å²) in [5.41, 5.74) is 2.32. The molecule has 0 aliphatic heterocycles. The number of hydrogen-bond acceptors (Lipinski definition) is 6. The van der Waals surface area contributed by atoms with Gasteiger partial charge >= 0.3 is 0 Å². The summed E-state index contributed by atoms with van der Waals surface area (Å²) < 4.78 is 9.30. The van der Waals surface area contributed by atoms with Crippen molar-refractivity contribution in [2.75, 3.05) is 5.32 Å². The summed E-state index contributed by atoms with van der Waals surface area (Å²) in [6, 6.07) is 16.7. The third-order valence-electron chi connectivity index (χ3n) is 4.62. The van der Waals surface area contributed by atoms with Crippen molar-refractivity contribution in [3.8, 4) is 5.75 Å². The second-order valence-corrected chi connectivity index (χ2v) is 7.30. The molecule has 0 bridgehead atoms. The fourth-order valence-corrected chi connectivity index (χ4v) is 3.09. The van der Waals surface area contributed by atoms with Crippen molar-refractivity contribution in [1.29, 1.82) is 0 Å². The van der Waals surface area contributed by atoms with Crippen molar-refractivity contribution in [3.63, 3.8) is 0 Å². The number of benzene rings is 2. The molecule has 0 aliphatic carbocycles. The van der Waals surface area contributed by atoms with Gasteiger partial charge in [0.25, 0.3) is 5.91 Å². The molecule has 9 heteroatoms. The van der Waals surface area contributed by atoms with Gasteiger partial charge in [-0.25, -0.2) is 4.68 Å². The zero-order valence-corrected chi connectivity index (χ0v) is 17.3. The van der Waals surface area contributed by atoms with Gasteiger partial charge in [-0.1, -0.05) is 12.1 Å². The smallest absolute Gasteiger partial charge is 0.255 e. The number of nitrogens with one attached hydrogen (secondary N) is 1. The van der Waals surface area contributed by atoms with Crippen molar-refractivity contribution in [1.82, 2.24) is 30.0 Å². The van der Waals surface area contributed by atoms with Crippen LogP contribution in [0, 0.1) is 0 Å². The number of carbonyl (C=O) groups is 1. The second-order valence-electron chi connectivity index (χ2n) is 7.30. The molecule has 2 aromatic carbocycles. The molecule has 9 nitrogen and oxygen atoms in total. The van der Waals surface area contributed by atoms with Crippen LogP contribution in [0.3, 0.4) is 0 Å². The maximum absolute atomic E-state index is 12.6. The zero-order chi connectivity index (χ0) is 21.6. The lowest BCUT2D eigenvalue weighted by atomic mass is 10.1. The summed E-state index contributed by atoms with van der Waals surface area (Å²) in [5.74, 6) is 1.09. The van der Waals surface area contributed by atoms with Crippen LogP contribution in [0.15, 0.2) is 67.0 Å². The first-order valence-corrected chi connectivity index (χ1v) is 9.96. The largest absolute Gasteiger partial charge is 0.486 e. The van der Waals surface area contributed by atoms with E-state index in [-0.39, 0.29) is 18.6 Å². The maximum Gasteiger partial charge on any atom is 0.255 e. The molecule has 0 radical (unpaired) electrons. The molecule has 1 N–H and O–H groups in total. The van der Waals surface area contributed by atoms with Gasteiger partial charge in [0.15, 0.2) is 5.82 Å². The van der Waals surface area contributed by atoms with E-state index in [0.717, 1.165) is 11.3 Å². The minimum atomic E-state index is -0.188. The van der Waals surface area contributed by atoms with Crippen LogP contribution in [-0.4, -0.2) is 35.9 Å². The minimum Gasteiger partial charge on any atom is -0.486 e. The molecule has 4 aromatic rings. The number of carbonyl (C=O) groups excluding carboxylic acids is 1. The maximum atomic E-state index is 12.6. The summed E-state index contributed by atoms with van der Waals surface area (Å²) in [5, 5.41) is 18.8. The highest BCUT2D eigenvalue weighted by molar-refractivity contribution is 6.04. The van der Waals surface area contributed by atoms with Crippen molar-refractivity contribution in [3.05, 3.63) is 83.9 Å². The summed E-state index contributed by atoms with van der Waals surface area (Å²) in [7, 11) is 0. The lowest BCUT2D eigenvalue weighted by Gasteiger charge is -2.10. The molecule has 0 unspecified atom stereocenters. The minimum absolute atomic E-state index is 0.151. The van der Waals surface area contributed by atoms with E-state index in [0.29, 0.717) is 23.7 Å². The first-order chi connectivity index (χ1) is 15.1. The summed E-state index contributed by atoms with van der Waals surface area (Å²) in [4.78, 5) is 12.6. The molecule has 0 fully saturated rings. The fraction of sp³-hybridized carbons (Fsp3) is 0.227. The second kappa shape index (κ2) is 9.21. The average Bonchev–Trinajstić information content (AvgIpc) is 3.45. The molecule has 158 valence electrons. The Morgan fingerprint density at radius 3 is 2.71 bits per heavy atom. The Kier molecular flexibility index (Phi) is 6.02. The number of hydrogen-bond donors (Lipinski definition) is 1. The predicted molar refractivity (Wildman–Crippen MR) is 115 cm³/mol. The Morgan fingerprint density at radius 1 is 1.13 bits per heavy atom. The first kappa shape index (κ1) is 20.3. The van der Waals surface area contributed by atoms with E-state index in [1.807, 2.05) is 55.1 Å². The Morgan fingerprint density at radius 2 is 1.97 bits per heavy atom. The van der Waals surface area contributed by atoms with Crippen LogP contribution in [0.25, 0.3) is 0 Å². The van der Waals surface area contributed by atoms with Crippen LogP contribution in [0.5, 0.6) is 5.75 Å². The monoisotopic (exact) mass is 417 g/mol. The number of ether oxygens (including phenoxy) is 1. The molecule has 0 aliphatic rings. The van der Waals surface area contributed by atoms with E-state index in [9.17, 15) is 4.79 Å². The lowest BCUT2D eigenvalue weighted by Crippen LogP contribution is -2.12. The summed E-state index contributed by atoms with van der Waals surface area (Å²) in [6.07, 6.45) is 3.64. The third kappa shape index (κ3) is 5.13. The highest BCUT2D eigenvalue weighted by Crippen LogP contribution is 2.17. The molecule has 0 atom stereocenters. The van der Waals surface area contributed by atoms with Gasteiger partial charge in [-0.05, 0) is 72.3 Å². The van der Waals surface area contributed by atoms with E-state index in [1.165, 1.54) is 0 Å². The molecule has 0 saturated carbocycles. The molecule has 0 saturated heterocycles. The normalized spacial score (nSPS) is 10.9. The van der Waals surface area contributed by atoms with Crippen molar-refractivity contribution in [2.24, 2.45) is 0 Å². The van der Waals surface area contributed by atoms with Crippen LogP contribution >= 0.6 is 0 Å². The zero-order valence-electron chi connectivity index (χ0n) is 17.3. The van der Waals surface area contributed by atoms with Crippen molar-refractivity contribution < 1.29 is 9.53 Å². The molecular weight excluding hydrogens is 394 g/mol. The Balaban J connectivity index is 1.35. The highest BCUT2D eigenvalue weighted by Gasteiger charge is 2.11. The van der Waals surface area contributed by atoms with Gasteiger partial charge in [-0.15, -0.1) is 5.10 Å². The summed E-state index contributed by atoms with van der Waals surface area (Å²) >= 11 is 0. The predicted octanol–water partition coefficient (Wildman–Crippen LogP) is 3.33. The average molecular weight is 417 g/mol. The SMILES string of the molecule is CC(C)n1nnnc1COc1ccc(C(=O)Nc2cccc(Cn3cccn3)c2)cc1. The van der Waals surface area contributed by atoms with Crippen LogP contribution in [0.1, 0.15) is 41.6 Å². The molecule has 1 amide bonds. The molecule has 2 heterocycles. The van der Waals surface area contributed by atoms with Crippen LogP contribution in [0.4, 0.5) is 5.69 Å². The lowest BCUT2D eigenvalue weighted by molar-refractivity contribution is 0.102. The van der Waals surface area contributed by atoms with Crippen molar-refractivity contribution >= 4 is 11.6 Å². The first-order valence-electron chi connectivity index (χ1n) is 9.96. The Bertz CT molecular complexity index is 1130. The highest BCUT2D eigenvalue weighted by atomic mass is 16.5. The standard InChI is InChI=1S/C22H23N7O2/c1-16(2)29-21(25-26-27-29)15-31-20-9-7-18(8-10-20)22(30)24-19-6-3-5-17(13-19)14-28-12-4-11-23-28/h3-13,16H,14-15H2,1-2H3,(H,24,30). The van der Waals surface area contributed by atoms with Gasteiger partial charge in [0.05, 0.1) is 12.6 Å². The number of rotatable bonds is 8. The number of nitrogens with zero attached hydrogens (tertiary/aromatic N) is 6. The van der Waals surface area contributed by atoms with E-state index >= 15 is 0 Å². The third-order valence-corrected chi connectivity index (χ3v) is 4.62. The number of amides is 1. The van der Waals surface area contributed by atoms with Crippen LogP contribution in [-0.2, 0) is 13.2 Å². The quantitative estimate of drug-likeness (QED) is 0.472. The molecule has 31 heavy (non-hydrogen) atoms. The molecule has 4 rings (SSSR count). The summed E-state index contributed by atoms with van der Waals surface area (Å²) in [6.45, 7) is 4.89. The van der Waals surface area contributed by atoms with Gasteiger partial charge in [0.2, 0.25) is 0 Å². The molecule has 0 spiro atoms. The molecular formula is C22H23N7O2. The molecule has 2 aromatic heterocycles.